The molecule has 0 amide bonds. The van der Waals surface area contributed by atoms with Crippen LogP contribution in [-0.2, 0) is 17.4 Å². The van der Waals surface area contributed by atoms with Crippen LogP contribution in [0, 0.1) is 0 Å². The van der Waals surface area contributed by atoms with E-state index in [1.54, 1.807) is 6.20 Å². The second kappa shape index (κ2) is 14.3. The summed E-state index contributed by atoms with van der Waals surface area (Å²) in [6.07, 6.45) is 4.45. The number of halogens is 3. The van der Waals surface area contributed by atoms with Crippen molar-refractivity contribution in [2.24, 2.45) is 0 Å². The molecule has 0 bridgehead atoms. The van der Waals surface area contributed by atoms with Crippen molar-refractivity contribution in [3.8, 4) is 0 Å². The summed E-state index contributed by atoms with van der Waals surface area (Å²) in [5.41, 5.74) is 2.80. The van der Waals surface area contributed by atoms with E-state index in [1.165, 1.54) is 18.2 Å². The van der Waals surface area contributed by atoms with Crippen LogP contribution in [0.15, 0.2) is 55.3 Å². The van der Waals surface area contributed by atoms with Gasteiger partial charge in [-0.2, -0.15) is 13.2 Å². The third kappa shape index (κ3) is 9.22. The quantitative estimate of drug-likeness (QED) is 0.369. The van der Waals surface area contributed by atoms with Gasteiger partial charge in [-0.05, 0) is 73.2 Å². The summed E-state index contributed by atoms with van der Waals surface area (Å²) < 4.78 is 38.2. The van der Waals surface area contributed by atoms with E-state index < -0.39 is 11.7 Å². The van der Waals surface area contributed by atoms with Gasteiger partial charge in [0.15, 0.2) is 5.78 Å². The average molecular weight is 463 g/mol. The van der Waals surface area contributed by atoms with Gasteiger partial charge in [0, 0.05) is 30.5 Å². The van der Waals surface area contributed by atoms with E-state index in [1.807, 2.05) is 26.8 Å². The van der Waals surface area contributed by atoms with Crippen molar-refractivity contribution in [1.29, 1.82) is 0 Å². The molecule has 33 heavy (non-hydrogen) atoms. The molecule has 0 saturated heterocycles. The normalized spacial score (nSPS) is 11.4. The Balaban J connectivity index is 0.000000675. The number of alkyl halides is 3. The molecule has 0 atom stereocenters. The van der Waals surface area contributed by atoms with Gasteiger partial charge in [0.05, 0.1) is 5.56 Å². The Hall–Kier alpha value is -2.93. The highest BCUT2D eigenvalue weighted by atomic mass is 19.4. The van der Waals surface area contributed by atoms with Crippen molar-refractivity contribution in [3.05, 3.63) is 72.0 Å². The lowest BCUT2D eigenvalue weighted by Gasteiger charge is -2.17. The summed E-state index contributed by atoms with van der Waals surface area (Å²) in [6, 6.07) is 6.73. The van der Waals surface area contributed by atoms with Crippen LogP contribution >= 0.6 is 0 Å². The van der Waals surface area contributed by atoms with Crippen LogP contribution in [0.2, 0.25) is 0 Å². The Morgan fingerprint density at radius 1 is 1.15 bits per heavy atom. The molecule has 0 unspecified atom stereocenters. The Bertz CT molecular complexity index is 920. The summed E-state index contributed by atoms with van der Waals surface area (Å²) in [4.78, 5) is 14.7. The van der Waals surface area contributed by atoms with Crippen LogP contribution in [0.1, 0.15) is 63.1 Å². The predicted octanol–water partition coefficient (Wildman–Crippen LogP) is 7.12. The Kier molecular flexibility index (Phi) is 12.1. The second-order valence-corrected chi connectivity index (χ2v) is 7.28. The number of rotatable bonds is 10. The Morgan fingerprint density at radius 3 is 2.27 bits per heavy atom. The first kappa shape index (κ1) is 28.1. The minimum absolute atomic E-state index is 0.0137. The number of nitrogens with zero attached hydrogens (tertiary/aromatic N) is 1. The number of benzene rings is 1. The molecule has 2 N–H and O–H groups in total. The lowest BCUT2D eigenvalue weighted by Crippen LogP contribution is -2.06. The van der Waals surface area contributed by atoms with Crippen molar-refractivity contribution in [2.75, 3.05) is 11.9 Å². The fraction of sp³-hybridized carbons (Fsp3) is 0.385. The third-order valence-electron chi connectivity index (χ3n) is 4.77. The van der Waals surface area contributed by atoms with Gasteiger partial charge < -0.3 is 10.4 Å². The minimum Gasteiger partial charge on any atom is -0.396 e. The van der Waals surface area contributed by atoms with Crippen molar-refractivity contribution in [1.82, 2.24) is 4.98 Å². The molecule has 0 aliphatic heterocycles. The highest BCUT2D eigenvalue weighted by molar-refractivity contribution is 5.88. The Labute approximate surface area is 194 Å². The first-order valence-electron chi connectivity index (χ1n) is 11.1. The fourth-order valence-electron chi connectivity index (χ4n) is 3.18. The summed E-state index contributed by atoms with van der Waals surface area (Å²) in [7, 11) is 0. The molecule has 0 radical (unpaired) electrons. The monoisotopic (exact) mass is 462 g/mol. The number of aromatic nitrogens is 1. The number of carbonyl (C=O) groups is 1. The molecular weight excluding hydrogens is 429 g/mol. The average Bonchev–Trinajstić information content (AvgIpc) is 2.78. The standard InChI is InChI=1S/C20H23F3N2O.C6H10O/c1-3-5-14(4-2)18-15(11-13-26)10-12-24-19(18)25-17-8-6-16(7-9-17)20(21,22)23;1-3-5-6(7)4-2/h5-10,12,26H,3-4,11,13H2,1-2H3,(H,24,25);4H,2-3,5H2,1H3/b14-5+;. The van der Waals surface area contributed by atoms with E-state index in [-0.39, 0.29) is 12.4 Å². The summed E-state index contributed by atoms with van der Waals surface area (Å²) in [5.74, 6) is 0.722. The number of anilines is 2. The number of pyridine rings is 1. The van der Waals surface area contributed by atoms with Crippen LogP contribution in [-0.4, -0.2) is 22.5 Å². The minimum atomic E-state index is -4.36. The molecule has 1 aromatic heterocycles. The smallest absolute Gasteiger partial charge is 0.396 e. The zero-order valence-electron chi connectivity index (χ0n) is 19.5. The second-order valence-electron chi connectivity index (χ2n) is 7.28. The number of ketones is 1. The number of aliphatic hydroxyl groups excluding tert-OH is 1. The predicted molar refractivity (Wildman–Crippen MR) is 128 cm³/mol. The van der Waals surface area contributed by atoms with Gasteiger partial charge in [-0.25, -0.2) is 4.98 Å². The molecule has 0 aliphatic carbocycles. The molecule has 4 nitrogen and oxygen atoms in total. The molecule has 0 aliphatic rings. The van der Waals surface area contributed by atoms with Crippen LogP contribution in [0.3, 0.4) is 0 Å². The topological polar surface area (TPSA) is 62.2 Å². The number of allylic oxidation sites excluding steroid dienone is 3. The molecule has 1 aromatic carbocycles. The molecular formula is C26H33F3N2O2. The highest BCUT2D eigenvalue weighted by Gasteiger charge is 2.30. The number of aliphatic hydroxyl groups is 1. The maximum Gasteiger partial charge on any atom is 0.416 e. The lowest BCUT2D eigenvalue weighted by atomic mass is 9.96. The van der Waals surface area contributed by atoms with Crippen LogP contribution in [0.25, 0.3) is 5.57 Å². The van der Waals surface area contributed by atoms with E-state index in [0.717, 1.165) is 48.1 Å². The molecule has 180 valence electrons. The summed E-state index contributed by atoms with van der Waals surface area (Å²) >= 11 is 0. The van der Waals surface area contributed by atoms with Gasteiger partial charge in [-0.3, -0.25) is 4.79 Å². The maximum atomic E-state index is 12.7. The van der Waals surface area contributed by atoms with E-state index in [0.29, 0.717) is 24.3 Å². The van der Waals surface area contributed by atoms with Crippen LogP contribution < -0.4 is 5.32 Å². The van der Waals surface area contributed by atoms with Gasteiger partial charge >= 0.3 is 6.18 Å². The van der Waals surface area contributed by atoms with Crippen molar-refractivity contribution < 1.29 is 23.1 Å². The van der Waals surface area contributed by atoms with Crippen molar-refractivity contribution >= 4 is 22.9 Å². The first-order chi connectivity index (χ1) is 15.7. The number of carbonyl (C=O) groups excluding carboxylic acids is 1. The largest absolute Gasteiger partial charge is 0.416 e. The van der Waals surface area contributed by atoms with Crippen LogP contribution in [0.4, 0.5) is 24.7 Å². The van der Waals surface area contributed by atoms with Gasteiger partial charge in [0.1, 0.15) is 5.82 Å². The fourth-order valence-corrected chi connectivity index (χ4v) is 3.18. The van der Waals surface area contributed by atoms with E-state index in [2.05, 4.69) is 23.0 Å². The Morgan fingerprint density at radius 2 is 1.82 bits per heavy atom. The number of hydrogen-bond acceptors (Lipinski definition) is 4. The van der Waals surface area contributed by atoms with E-state index in [4.69, 9.17) is 0 Å². The molecule has 0 saturated carbocycles. The summed E-state index contributed by atoms with van der Waals surface area (Å²) in [5, 5.41) is 12.5. The molecule has 7 heteroatoms. The zero-order chi connectivity index (χ0) is 24.9. The molecule has 0 fully saturated rings. The molecule has 2 aromatic rings. The lowest BCUT2D eigenvalue weighted by molar-refractivity contribution is -0.137. The number of hydrogen-bond donors (Lipinski definition) is 2. The van der Waals surface area contributed by atoms with Crippen molar-refractivity contribution in [3.63, 3.8) is 0 Å². The maximum absolute atomic E-state index is 12.7. The molecule has 1 heterocycles. The van der Waals surface area contributed by atoms with Crippen molar-refractivity contribution in [2.45, 2.75) is 59.1 Å². The first-order valence-corrected chi connectivity index (χ1v) is 11.1. The van der Waals surface area contributed by atoms with Gasteiger partial charge in [0.2, 0.25) is 0 Å². The van der Waals surface area contributed by atoms with E-state index >= 15 is 0 Å². The van der Waals surface area contributed by atoms with Gasteiger partial charge in [-0.15, -0.1) is 0 Å². The molecule has 0 spiro atoms. The zero-order valence-corrected chi connectivity index (χ0v) is 19.5. The molecule has 2 rings (SSSR count). The van der Waals surface area contributed by atoms with E-state index in [9.17, 15) is 23.1 Å². The van der Waals surface area contributed by atoms with Crippen LogP contribution in [0.5, 0.6) is 0 Å². The highest BCUT2D eigenvalue weighted by Crippen LogP contribution is 2.33. The van der Waals surface area contributed by atoms with Gasteiger partial charge in [-0.1, -0.05) is 33.4 Å². The number of nitrogens with one attached hydrogen (secondary N) is 1. The van der Waals surface area contributed by atoms with Gasteiger partial charge in [0.25, 0.3) is 0 Å². The summed E-state index contributed by atoms with van der Waals surface area (Å²) in [6.45, 7) is 9.40. The SMILES string of the molecule is C=CC(=O)CCC.CC/C=C(\CC)c1c(CCO)ccnc1Nc1ccc(C(F)(F)F)cc1. The third-order valence-corrected chi connectivity index (χ3v) is 4.77.